The predicted molar refractivity (Wildman–Crippen MR) is 61.3 cm³/mol. The predicted octanol–water partition coefficient (Wildman–Crippen LogP) is 3.52. The topological polar surface area (TPSA) is 17.1 Å². The average Bonchev–Trinajstić information content (AvgIpc) is 2.00. The van der Waals surface area contributed by atoms with Gasteiger partial charge in [-0.25, -0.2) is 0 Å². The number of carbonyl (C=O) groups excluding carboxylic acids is 1. The molecule has 13 heavy (non-hydrogen) atoms. The van der Waals surface area contributed by atoms with Crippen LogP contribution in [0, 0.1) is 5.92 Å². The number of hydrogen-bond acceptors (Lipinski definition) is 2. The van der Waals surface area contributed by atoms with Crippen molar-refractivity contribution in [3.63, 3.8) is 0 Å². The summed E-state index contributed by atoms with van der Waals surface area (Å²) in [6, 6.07) is 0. The Labute approximate surface area is 86.7 Å². The summed E-state index contributed by atoms with van der Waals surface area (Å²) < 4.78 is 0. The number of rotatable bonds is 7. The van der Waals surface area contributed by atoms with Gasteiger partial charge in [-0.1, -0.05) is 34.1 Å². The van der Waals surface area contributed by atoms with Gasteiger partial charge in [-0.05, 0) is 17.6 Å². The van der Waals surface area contributed by atoms with Gasteiger partial charge in [0, 0.05) is 6.42 Å². The third kappa shape index (κ3) is 9.94. The van der Waals surface area contributed by atoms with Crippen LogP contribution in [0.4, 0.5) is 0 Å². The summed E-state index contributed by atoms with van der Waals surface area (Å²) in [6.07, 6.45) is 3.02. The first-order valence-electron chi connectivity index (χ1n) is 5.15. The minimum absolute atomic E-state index is 0.416. The first-order valence-corrected chi connectivity index (χ1v) is 6.20. The SMILES string of the molecule is CC(C)CCCC(=O)CSC(C)C. The fourth-order valence-corrected chi connectivity index (χ4v) is 1.70. The summed E-state index contributed by atoms with van der Waals surface area (Å²) >= 11 is 1.75. The second-order valence-corrected chi connectivity index (χ2v) is 5.75. The lowest BCUT2D eigenvalue weighted by molar-refractivity contribution is -0.116. The van der Waals surface area contributed by atoms with E-state index in [9.17, 15) is 4.79 Å². The van der Waals surface area contributed by atoms with Crippen LogP contribution in [-0.2, 0) is 4.79 Å². The third-order valence-electron chi connectivity index (χ3n) is 1.81. The van der Waals surface area contributed by atoms with Crippen LogP contribution in [0.15, 0.2) is 0 Å². The van der Waals surface area contributed by atoms with E-state index in [2.05, 4.69) is 27.7 Å². The highest BCUT2D eigenvalue weighted by molar-refractivity contribution is 8.00. The van der Waals surface area contributed by atoms with Gasteiger partial charge in [0.2, 0.25) is 0 Å². The van der Waals surface area contributed by atoms with Gasteiger partial charge >= 0.3 is 0 Å². The summed E-state index contributed by atoms with van der Waals surface area (Å²) in [5.74, 6) is 1.85. The maximum Gasteiger partial charge on any atom is 0.142 e. The van der Waals surface area contributed by atoms with E-state index in [1.807, 2.05) is 0 Å². The molecular formula is C11H22OS. The van der Waals surface area contributed by atoms with Gasteiger partial charge < -0.3 is 0 Å². The quantitative estimate of drug-likeness (QED) is 0.628. The van der Waals surface area contributed by atoms with Gasteiger partial charge in [-0.2, -0.15) is 11.8 Å². The number of ketones is 1. The van der Waals surface area contributed by atoms with E-state index in [0.717, 1.165) is 18.8 Å². The maximum atomic E-state index is 11.3. The molecule has 0 aromatic rings. The summed E-state index contributed by atoms with van der Waals surface area (Å²) in [5.41, 5.74) is 0. The highest BCUT2D eigenvalue weighted by Crippen LogP contribution is 2.12. The zero-order chi connectivity index (χ0) is 10.3. The van der Waals surface area contributed by atoms with Crippen molar-refractivity contribution in [2.45, 2.75) is 52.2 Å². The molecule has 0 fully saturated rings. The van der Waals surface area contributed by atoms with Crippen LogP contribution in [0.25, 0.3) is 0 Å². The van der Waals surface area contributed by atoms with Crippen LogP contribution in [0.1, 0.15) is 47.0 Å². The monoisotopic (exact) mass is 202 g/mol. The molecule has 0 unspecified atom stereocenters. The average molecular weight is 202 g/mol. The molecule has 0 aliphatic heterocycles. The molecule has 0 atom stereocenters. The molecule has 0 saturated heterocycles. The highest BCUT2D eigenvalue weighted by Gasteiger charge is 2.04. The molecular weight excluding hydrogens is 180 g/mol. The summed E-state index contributed by atoms with van der Waals surface area (Å²) in [4.78, 5) is 11.3. The Balaban J connectivity index is 3.30. The van der Waals surface area contributed by atoms with E-state index < -0.39 is 0 Å². The van der Waals surface area contributed by atoms with Gasteiger partial charge in [-0.3, -0.25) is 4.79 Å². The molecule has 1 nitrogen and oxygen atoms in total. The van der Waals surface area contributed by atoms with E-state index in [1.165, 1.54) is 6.42 Å². The standard InChI is InChI=1S/C11H22OS/c1-9(2)6-5-7-11(12)8-13-10(3)4/h9-10H,5-8H2,1-4H3. The van der Waals surface area contributed by atoms with Crippen LogP contribution in [0.3, 0.4) is 0 Å². The number of hydrogen-bond donors (Lipinski definition) is 0. The zero-order valence-corrected chi connectivity index (χ0v) is 10.1. The second kappa shape index (κ2) is 7.43. The molecule has 0 rings (SSSR count). The van der Waals surface area contributed by atoms with Gasteiger partial charge in [0.25, 0.3) is 0 Å². The van der Waals surface area contributed by atoms with Crippen molar-refractivity contribution in [2.24, 2.45) is 5.92 Å². The van der Waals surface area contributed by atoms with Crippen molar-refractivity contribution in [2.75, 3.05) is 5.75 Å². The second-order valence-electron chi connectivity index (χ2n) is 4.18. The van der Waals surface area contributed by atoms with Crippen LogP contribution >= 0.6 is 11.8 Å². The molecule has 2 heteroatoms. The third-order valence-corrected chi connectivity index (χ3v) is 2.97. The Morgan fingerprint density at radius 2 is 1.85 bits per heavy atom. The zero-order valence-electron chi connectivity index (χ0n) is 9.30. The van der Waals surface area contributed by atoms with Crippen molar-refractivity contribution in [1.29, 1.82) is 0 Å². The summed E-state index contributed by atoms with van der Waals surface area (Å²) in [7, 11) is 0. The van der Waals surface area contributed by atoms with Gasteiger partial charge in [0.05, 0.1) is 5.75 Å². The maximum absolute atomic E-state index is 11.3. The first kappa shape index (κ1) is 13.0. The largest absolute Gasteiger partial charge is 0.299 e. The molecule has 0 heterocycles. The Kier molecular flexibility index (Phi) is 7.44. The summed E-state index contributed by atoms with van der Waals surface area (Å²) in [5, 5.41) is 0.578. The van der Waals surface area contributed by atoms with Crippen LogP contribution in [0.2, 0.25) is 0 Å². The first-order chi connectivity index (χ1) is 6.02. The van der Waals surface area contributed by atoms with E-state index in [4.69, 9.17) is 0 Å². The molecule has 0 spiro atoms. The molecule has 0 aromatic heterocycles. The normalized spacial score (nSPS) is 11.2. The molecule has 0 radical (unpaired) electrons. The van der Waals surface area contributed by atoms with Gasteiger partial charge in [-0.15, -0.1) is 0 Å². The molecule has 0 bridgehead atoms. The lowest BCUT2D eigenvalue weighted by atomic mass is 10.1. The molecule has 0 saturated carbocycles. The van der Waals surface area contributed by atoms with Crippen molar-refractivity contribution < 1.29 is 4.79 Å². The van der Waals surface area contributed by atoms with Crippen LogP contribution in [-0.4, -0.2) is 16.8 Å². The lowest BCUT2D eigenvalue weighted by Crippen LogP contribution is -2.04. The number of carbonyl (C=O) groups is 1. The lowest BCUT2D eigenvalue weighted by Gasteiger charge is -2.05. The van der Waals surface area contributed by atoms with E-state index in [-0.39, 0.29) is 0 Å². The summed E-state index contributed by atoms with van der Waals surface area (Å²) in [6.45, 7) is 8.67. The van der Waals surface area contributed by atoms with Crippen molar-refractivity contribution in [3.8, 4) is 0 Å². The molecule has 0 aliphatic rings. The Morgan fingerprint density at radius 1 is 1.23 bits per heavy atom. The van der Waals surface area contributed by atoms with Crippen LogP contribution < -0.4 is 0 Å². The number of thioether (sulfide) groups is 1. The molecule has 0 N–H and O–H groups in total. The van der Waals surface area contributed by atoms with E-state index >= 15 is 0 Å². The van der Waals surface area contributed by atoms with Crippen molar-refractivity contribution in [3.05, 3.63) is 0 Å². The fraction of sp³-hybridized carbons (Fsp3) is 0.909. The molecule has 0 amide bonds. The minimum atomic E-state index is 0.416. The van der Waals surface area contributed by atoms with Crippen LogP contribution in [0.5, 0.6) is 0 Å². The van der Waals surface area contributed by atoms with Crippen molar-refractivity contribution >= 4 is 17.5 Å². The molecule has 0 aliphatic carbocycles. The number of Topliss-reactive ketones (excluding diaryl/α,β-unsaturated/α-hetero) is 1. The Hall–Kier alpha value is 0.0200. The fourth-order valence-electron chi connectivity index (χ4n) is 1.04. The Morgan fingerprint density at radius 3 is 2.31 bits per heavy atom. The minimum Gasteiger partial charge on any atom is -0.299 e. The molecule has 78 valence electrons. The Bertz CT molecular complexity index is 141. The van der Waals surface area contributed by atoms with Crippen molar-refractivity contribution in [1.82, 2.24) is 0 Å². The molecule has 0 aromatic carbocycles. The van der Waals surface area contributed by atoms with E-state index in [0.29, 0.717) is 16.8 Å². The highest BCUT2D eigenvalue weighted by atomic mass is 32.2. The van der Waals surface area contributed by atoms with E-state index in [1.54, 1.807) is 11.8 Å². The smallest absolute Gasteiger partial charge is 0.142 e. The van der Waals surface area contributed by atoms with Gasteiger partial charge in [0.15, 0.2) is 0 Å². The van der Waals surface area contributed by atoms with Gasteiger partial charge in [0.1, 0.15) is 5.78 Å².